The second-order valence-electron chi connectivity index (χ2n) is 7.65. The maximum atomic E-state index is 12.4. The molecule has 1 aromatic carbocycles. The monoisotopic (exact) mass is 423 g/mol. The van der Waals surface area contributed by atoms with Crippen LogP contribution in [0.5, 0.6) is 0 Å². The van der Waals surface area contributed by atoms with Crippen LogP contribution in [0, 0.1) is 6.92 Å². The van der Waals surface area contributed by atoms with Crippen LogP contribution in [0.1, 0.15) is 36.3 Å². The van der Waals surface area contributed by atoms with E-state index in [9.17, 15) is 9.59 Å². The molecule has 2 N–H and O–H groups in total. The van der Waals surface area contributed by atoms with Crippen LogP contribution >= 0.6 is 11.3 Å². The van der Waals surface area contributed by atoms with Gasteiger partial charge in [-0.2, -0.15) is 5.10 Å². The zero-order chi connectivity index (χ0) is 20.9. The van der Waals surface area contributed by atoms with Gasteiger partial charge in [-0.1, -0.05) is 37.1 Å². The molecule has 2 amide bonds. The molecule has 3 aromatic rings. The molecule has 1 aliphatic rings. The van der Waals surface area contributed by atoms with Gasteiger partial charge in [0.05, 0.1) is 29.0 Å². The first-order chi connectivity index (χ1) is 14.5. The third-order valence-corrected chi connectivity index (χ3v) is 5.95. The first-order valence-electron chi connectivity index (χ1n) is 10.2. The van der Waals surface area contributed by atoms with Gasteiger partial charge in [-0.25, -0.2) is 4.98 Å². The SMILES string of the molecule is Cc1nc(-c2ccc(CC(=O)Nc3cnn(CC(=O)NC4CCCC4)c3)cc2)cs1. The quantitative estimate of drug-likeness (QED) is 0.608. The van der Waals surface area contributed by atoms with Gasteiger partial charge in [0, 0.05) is 23.2 Å². The molecule has 1 fully saturated rings. The van der Waals surface area contributed by atoms with E-state index in [1.165, 1.54) is 12.8 Å². The van der Waals surface area contributed by atoms with Crippen molar-refractivity contribution in [2.24, 2.45) is 0 Å². The second-order valence-corrected chi connectivity index (χ2v) is 8.71. The van der Waals surface area contributed by atoms with Crippen molar-refractivity contribution in [1.29, 1.82) is 0 Å². The number of anilines is 1. The Hall–Kier alpha value is -3.00. The van der Waals surface area contributed by atoms with Crippen molar-refractivity contribution in [2.75, 3.05) is 5.32 Å². The van der Waals surface area contributed by atoms with Crippen LogP contribution in [0.2, 0.25) is 0 Å². The number of aromatic nitrogens is 3. The molecule has 2 aromatic heterocycles. The highest BCUT2D eigenvalue weighted by Crippen LogP contribution is 2.22. The molecule has 156 valence electrons. The maximum Gasteiger partial charge on any atom is 0.241 e. The van der Waals surface area contributed by atoms with Gasteiger partial charge in [-0.05, 0) is 25.3 Å². The van der Waals surface area contributed by atoms with Crippen LogP contribution in [0.25, 0.3) is 11.3 Å². The van der Waals surface area contributed by atoms with E-state index in [-0.39, 0.29) is 30.8 Å². The summed E-state index contributed by atoms with van der Waals surface area (Å²) < 4.78 is 1.55. The maximum absolute atomic E-state index is 12.4. The van der Waals surface area contributed by atoms with Gasteiger partial charge < -0.3 is 10.6 Å². The van der Waals surface area contributed by atoms with Crippen LogP contribution in [-0.4, -0.2) is 32.6 Å². The summed E-state index contributed by atoms with van der Waals surface area (Å²) >= 11 is 1.62. The summed E-state index contributed by atoms with van der Waals surface area (Å²) in [4.78, 5) is 29.0. The molecule has 0 saturated heterocycles. The van der Waals surface area contributed by atoms with Crippen molar-refractivity contribution >= 4 is 28.8 Å². The summed E-state index contributed by atoms with van der Waals surface area (Å²) in [5.74, 6) is -0.166. The molecular formula is C22H25N5O2S. The van der Waals surface area contributed by atoms with Crippen molar-refractivity contribution in [3.05, 3.63) is 52.6 Å². The molecule has 30 heavy (non-hydrogen) atoms. The molecule has 0 bridgehead atoms. The Bertz CT molecular complexity index is 1020. The van der Waals surface area contributed by atoms with Crippen molar-refractivity contribution in [2.45, 2.75) is 51.6 Å². The third kappa shape index (κ3) is 5.33. The largest absolute Gasteiger partial charge is 0.352 e. The molecule has 0 unspecified atom stereocenters. The minimum absolute atomic E-state index is 0.0433. The number of carbonyl (C=O) groups excluding carboxylic acids is 2. The molecular weight excluding hydrogens is 398 g/mol. The Kier molecular flexibility index (Phi) is 6.23. The Morgan fingerprint density at radius 3 is 2.63 bits per heavy atom. The average Bonchev–Trinajstić information content (AvgIpc) is 3.46. The summed E-state index contributed by atoms with van der Waals surface area (Å²) in [7, 11) is 0. The van der Waals surface area contributed by atoms with E-state index in [4.69, 9.17) is 0 Å². The van der Waals surface area contributed by atoms with E-state index in [2.05, 4.69) is 20.7 Å². The summed E-state index contributed by atoms with van der Waals surface area (Å²) in [6, 6.07) is 8.15. The van der Waals surface area contributed by atoms with Crippen molar-refractivity contribution in [3.8, 4) is 11.3 Å². The lowest BCUT2D eigenvalue weighted by molar-refractivity contribution is -0.122. The van der Waals surface area contributed by atoms with Crippen molar-refractivity contribution in [1.82, 2.24) is 20.1 Å². The molecule has 0 spiro atoms. The highest BCUT2D eigenvalue weighted by Gasteiger charge is 2.17. The van der Waals surface area contributed by atoms with Gasteiger partial charge in [-0.15, -0.1) is 11.3 Å². The number of benzene rings is 1. The van der Waals surface area contributed by atoms with Gasteiger partial charge in [0.25, 0.3) is 0 Å². The van der Waals surface area contributed by atoms with Crippen LogP contribution in [0.3, 0.4) is 0 Å². The number of thiazole rings is 1. The number of nitrogens with zero attached hydrogens (tertiary/aromatic N) is 3. The van der Waals surface area contributed by atoms with E-state index >= 15 is 0 Å². The molecule has 2 heterocycles. The zero-order valence-corrected chi connectivity index (χ0v) is 17.7. The molecule has 4 rings (SSSR count). The molecule has 0 radical (unpaired) electrons. The number of hydrogen-bond acceptors (Lipinski definition) is 5. The predicted octanol–water partition coefficient (Wildman–Crippen LogP) is 3.56. The Labute approximate surface area is 179 Å². The fraction of sp³-hybridized carbons (Fsp3) is 0.364. The Morgan fingerprint density at radius 2 is 1.93 bits per heavy atom. The van der Waals surface area contributed by atoms with Crippen molar-refractivity contribution in [3.63, 3.8) is 0 Å². The number of hydrogen-bond donors (Lipinski definition) is 2. The van der Waals surface area contributed by atoms with Crippen molar-refractivity contribution < 1.29 is 9.59 Å². The normalized spacial score (nSPS) is 14.0. The fourth-order valence-corrected chi connectivity index (χ4v) is 4.31. The van der Waals surface area contributed by atoms with Gasteiger partial charge in [0.2, 0.25) is 11.8 Å². The molecule has 0 atom stereocenters. The summed E-state index contributed by atoms with van der Waals surface area (Å²) in [6.07, 6.45) is 7.97. The van der Waals surface area contributed by atoms with Crippen LogP contribution in [0.15, 0.2) is 42.0 Å². The first kappa shape index (κ1) is 20.3. The lowest BCUT2D eigenvalue weighted by Crippen LogP contribution is -2.35. The molecule has 0 aliphatic heterocycles. The molecule has 7 nitrogen and oxygen atoms in total. The number of nitrogens with one attached hydrogen (secondary N) is 2. The van der Waals surface area contributed by atoms with E-state index < -0.39 is 0 Å². The highest BCUT2D eigenvalue weighted by molar-refractivity contribution is 7.09. The van der Waals surface area contributed by atoms with Gasteiger partial charge in [-0.3, -0.25) is 14.3 Å². The highest BCUT2D eigenvalue weighted by atomic mass is 32.1. The van der Waals surface area contributed by atoms with E-state index in [1.807, 2.05) is 36.6 Å². The lowest BCUT2D eigenvalue weighted by atomic mass is 10.1. The summed E-state index contributed by atoms with van der Waals surface area (Å²) in [5.41, 5.74) is 3.51. The first-order valence-corrected chi connectivity index (χ1v) is 11.1. The van der Waals surface area contributed by atoms with Gasteiger partial charge in [0.1, 0.15) is 6.54 Å². The minimum Gasteiger partial charge on any atom is -0.352 e. The second kappa shape index (κ2) is 9.21. The standard InChI is InChI=1S/C22H25N5O2S/c1-15-24-20(14-30-15)17-8-6-16(7-9-17)10-21(28)26-19-11-23-27(12-19)13-22(29)25-18-4-2-3-5-18/h6-9,11-12,14,18H,2-5,10,13H2,1H3,(H,25,29)(H,26,28). The van der Waals surface area contributed by atoms with E-state index in [0.29, 0.717) is 5.69 Å². The fourth-order valence-electron chi connectivity index (χ4n) is 3.69. The number of rotatable bonds is 7. The van der Waals surface area contributed by atoms with Crippen LogP contribution in [-0.2, 0) is 22.6 Å². The topological polar surface area (TPSA) is 88.9 Å². The van der Waals surface area contributed by atoms with Gasteiger partial charge >= 0.3 is 0 Å². The van der Waals surface area contributed by atoms with Crippen LogP contribution < -0.4 is 10.6 Å². The van der Waals surface area contributed by atoms with E-state index in [1.54, 1.807) is 28.4 Å². The minimum atomic E-state index is -0.123. The zero-order valence-electron chi connectivity index (χ0n) is 16.9. The van der Waals surface area contributed by atoms with Crippen LogP contribution in [0.4, 0.5) is 5.69 Å². The molecule has 8 heteroatoms. The average molecular weight is 424 g/mol. The summed E-state index contributed by atoms with van der Waals surface area (Å²) in [5, 5.41) is 13.1. The molecule has 1 saturated carbocycles. The summed E-state index contributed by atoms with van der Waals surface area (Å²) in [6.45, 7) is 2.14. The third-order valence-electron chi connectivity index (χ3n) is 5.18. The Morgan fingerprint density at radius 1 is 1.17 bits per heavy atom. The van der Waals surface area contributed by atoms with E-state index in [0.717, 1.165) is 34.7 Å². The Balaban J connectivity index is 1.27. The number of aryl methyl sites for hydroxylation is 1. The number of carbonyl (C=O) groups is 2. The predicted molar refractivity (Wildman–Crippen MR) is 117 cm³/mol. The lowest BCUT2D eigenvalue weighted by Gasteiger charge is -2.11. The van der Waals surface area contributed by atoms with Gasteiger partial charge in [0.15, 0.2) is 0 Å². The number of amides is 2. The smallest absolute Gasteiger partial charge is 0.241 e. The molecule has 1 aliphatic carbocycles.